The van der Waals surface area contributed by atoms with E-state index in [2.05, 4.69) is 384 Å². The highest BCUT2D eigenvalue weighted by atomic mass is 15.2. The summed E-state index contributed by atoms with van der Waals surface area (Å²) >= 11 is 0. The third-order valence-corrected chi connectivity index (χ3v) is 21.5. The van der Waals surface area contributed by atoms with E-state index < -0.39 is 0 Å². The lowest BCUT2D eigenvalue weighted by molar-refractivity contribution is 0.589. The Morgan fingerprint density at radius 3 is 0.929 bits per heavy atom. The number of hydrogen-bond acceptors (Lipinski definition) is 2. The monoisotopic (exact) mass is 1280 g/mol. The van der Waals surface area contributed by atoms with Gasteiger partial charge in [0, 0.05) is 28.5 Å². The van der Waals surface area contributed by atoms with Crippen LogP contribution >= 0.6 is 0 Å². The van der Waals surface area contributed by atoms with Crippen molar-refractivity contribution in [1.82, 2.24) is 0 Å². The smallest absolute Gasteiger partial charge is 0.0540 e. The predicted octanol–water partition coefficient (Wildman–Crippen LogP) is 26.7. The number of fused-ring (bicyclic) bond motifs is 6. The minimum atomic E-state index is -0.230. The van der Waals surface area contributed by atoms with Crippen molar-refractivity contribution >= 4 is 34.1 Å². The molecule has 0 atom stereocenters. The molecule has 3 aliphatic rings. The lowest BCUT2D eigenvalue weighted by Crippen LogP contribution is -2.30. The van der Waals surface area contributed by atoms with Gasteiger partial charge in [-0.1, -0.05) is 314 Å². The number of anilines is 6. The van der Waals surface area contributed by atoms with Crippen LogP contribution in [0.2, 0.25) is 0 Å². The van der Waals surface area contributed by atoms with Crippen molar-refractivity contribution in [2.75, 3.05) is 9.80 Å². The van der Waals surface area contributed by atoms with Crippen molar-refractivity contribution in [3.05, 3.63) is 358 Å². The number of rotatable bonds is 9. The summed E-state index contributed by atoms with van der Waals surface area (Å²) in [6.07, 6.45) is 0.891. The Bertz CT molecular complexity index is 4930. The van der Waals surface area contributed by atoms with Gasteiger partial charge in [-0.2, -0.15) is 0 Å². The molecule has 0 unspecified atom stereocenters. The zero-order chi connectivity index (χ0) is 68.3. The standard InChI is InChI=1S/C97H88N2/c1-94(2,3)71-45-39-64(40-46-71)81-60-73(96(7,8)9)49-53-85(81)98-87-51-43-68(77-35-25-23-33-75(77)62-27-15-13-16-28-62)56-83(87)92-84-57-69(78-36-26-24-34-76(78)63-29-17-14-18-30-63)44-52-88(84)99(86-54-50-74(97(10,11)12)61-82(86)65-41-47-72(48-42-65)95(4,5)6)90-59-70(58-89(98)93(90)92)91-79-37-21-19-31-66(79)55-67-32-20-22-38-80(67)91/h13-54,56-61,91-92H,55H2,1-12H3. The maximum Gasteiger partial charge on any atom is 0.0540 e. The molecule has 1 aliphatic carbocycles. The molecule has 0 N–H and O–H groups in total. The summed E-state index contributed by atoms with van der Waals surface area (Å²) in [5.41, 5.74) is 36.8. The highest BCUT2D eigenvalue weighted by Gasteiger charge is 2.44. The fraction of sp³-hybridized carbons (Fsp3) is 0.196. The third-order valence-electron chi connectivity index (χ3n) is 21.5. The number of benzene rings is 13. The molecule has 0 saturated carbocycles. The van der Waals surface area contributed by atoms with Crippen molar-refractivity contribution in [3.63, 3.8) is 0 Å². The molecule has 2 aliphatic heterocycles. The Hall–Kier alpha value is -10.5. The Labute approximate surface area is 588 Å². The highest BCUT2D eigenvalue weighted by Crippen LogP contribution is 2.64. The first kappa shape index (κ1) is 63.2. The lowest BCUT2D eigenvalue weighted by atomic mass is 9.71. The van der Waals surface area contributed by atoms with Crippen LogP contribution in [0.3, 0.4) is 0 Å². The summed E-state index contributed by atoms with van der Waals surface area (Å²) < 4.78 is 0. The largest absolute Gasteiger partial charge is 0.309 e. The summed E-state index contributed by atoms with van der Waals surface area (Å²) in [5.74, 6) is -0.293. The van der Waals surface area contributed by atoms with E-state index in [1.807, 2.05) is 0 Å². The molecule has 0 radical (unpaired) electrons. The van der Waals surface area contributed by atoms with E-state index in [0.29, 0.717) is 0 Å². The predicted molar refractivity (Wildman–Crippen MR) is 421 cm³/mol. The zero-order valence-corrected chi connectivity index (χ0v) is 59.5. The van der Waals surface area contributed by atoms with Gasteiger partial charge in [-0.25, -0.2) is 0 Å². The zero-order valence-electron chi connectivity index (χ0n) is 59.5. The second-order valence-corrected chi connectivity index (χ2v) is 32.1. The van der Waals surface area contributed by atoms with Crippen molar-refractivity contribution in [3.8, 4) is 66.8 Å². The van der Waals surface area contributed by atoms with Crippen LogP contribution in [0, 0.1) is 0 Å². The molecule has 486 valence electrons. The quantitative estimate of drug-likeness (QED) is 0.142. The van der Waals surface area contributed by atoms with Crippen LogP contribution in [0.5, 0.6) is 0 Å². The second-order valence-electron chi connectivity index (χ2n) is 32.1. The van der Waals surface area contributed by atoms with E-state index in [0.717, 1.165) is 17.8 Å². The van der Waals surface area contributed by atoms with Crippen LogP contribution in [0.1, 0.15) is 162 Å². The summed E-state index contributed by atoms with van der Waals surface area (Å²) in [4.78, 5) is 5.40. The molecule has 0 saturated heterocycles. The number of nitrogens with zero attached hydrogens (tertiary/aromatic N) is 2. The molecule has 99 heavy (non-hydrogen) atoms. The molecule has 0 aromatic heterocycles. The van der Waals surface area contributed by atoms with Gasteiger partial charge >= 0.3 is 0 Å². The van der Waals surface area contributed by atoms with E-state index >= 15 is 0 Å². The molecule has 0 amide bonds. The van der Waals surface area contributed by atoms with Gasteiger partial charge in [0.25, 0.3) is 0 Å². The molecule has 16 rings (SSSR count). The lowest BCUT2D eigenvalue weighted by Gasteiger charge is -2.47. The molecule has 2 nitrogen and oxygen atoms in total. The topological polar surface area (TPSA) is 6.48 Å². The summed E-state index contributed by atoms with van der Waals surface area (Å²) in [6.45, 7) is 28.0. The van der Waals surface area contributed by atoms with Gasteiger partial charge in [0.15, 0.2) is 0 Å². The molecule has 13 aromatic carbocycles. The van der Waals surface area contributed by atoms with Crippen LogP contribution < -0.4 is 9.80 Å². The maximum absolute atomic E-state index is 2.70. The van der Waals surface area contributed by atoms with Crippen molar-refractivity contribution in [2.24, 2.45) is 0 Å². The second kappa shape index (κ2) is 24.2. The Balaban J connectivity index is 1.07. The molecular formula is C97H88N2. The van der Waals surface area contributed by atoms with Gasteiger partial charge in [-0.15, -0.1) is 0 Å². The molecule has 0 bridgehead atoms. The summed E-state index contributed by atoms with van der Waals surface area (Å²) in [5, 5.41) is 0. The van der Waals surface area contributed by atoms with Crippen molar-refractivity contribution in [1.29, 1.82) is 0 Å². The van der Waals surface area contributed by atoms with E-state index in [1.54, 1.807) is 0 Å². The molecule has 13 aromatic rings. The van der Waals surface area contributed by atoms with Gasteiger partial charge in [-0.05, 0) is 206 Å². The van der Waals surface area contributed by atoms with Crippen LogP contribution in [0.4, 0.5) is 34.1 Å². The van der Waals surface area contributed by atoms with E-state index in [-0.39, 0.29) is 33.5 Å². The average molecular weight is 1280 g/mol. The Morgan fingerprint density at radius 1 is 0.232 bits per heavy atom. The van der Waals surface area contributed by atoms with E-state index in [9.17, 15) is 0 Å². The minimum absolute atomic E-state index is 0.0173. The van der Waals surface area contributed by atoms with E-state index in [1.165, 1.54) is 156 Å². The first-order chi connectivity index (χ1) is 47.6. The van der Waals surface area contributed by atoms with Crippen molar-refractivity contribution in [2.45, 2.75) is 123 Å². The molecule has 2 heterocycles. The Morgan fingerprint density at radius 2 is 0.545 bits per heavy atom. The highest BCUT2D eigenvalue weighted by molar-refractivity contribution is 6.03. The van der Waals surface area contributed by atoms with Gasteiger partial charge in [0.2, 0.25) is 0 Å². The first-order valence-corrected chi connectivity index (χ1v) is 35.7. The SMILES string of the molecule is CC(C)(C)c1ccc(-c2cc(C(C)(C)C)ccc2N2c3ccc(-c4ccccc4-c4ccccc4)cc3C3c4cc(-c5ccccc5-c5ccccc5)ccc4N(c4ccc(C(C)(C)C)cc4-c4ccc(C(C)(C)C)cc4)c4cc(C5c6ccccc6Cc6ccccc65)cc2c43)cc1. The van der Waals surface area contributed by atoms with Crippen LogP contribution in [-0.4, -0.2) is 0 Å². The fourth-order valence-corrected chi connectivity index (χ4v) is 16.1. The minimum Gasteiger partial charge on any atom is -0.309 e. The van der Waals surface area contributed by atoms with E-state index in [4.69, 9.17) is 0 Å². The van der Waals surface area contributed by atoms with Crippen molar-refractivity contribution < 1.29 is 0 Å². The normalized spacial score (nSPS) is 13.7. The first-order valence-electron chi connectivity index (χ1n) is 35.7. The third kappa shape index (κ3) is 11.3. The van der Waals surface area contributed by atoms with Crippen LogP contribution in [0.15, 0.2) is 291 Å². The maximum atomic E-state index is 2.70. The summed E-state index contributed by atoms with van der Waals surface area (Å²) in [6, 6.07) is 112. The van der Waals surface area contributed by atoms with Gasteiger partial charge in [0.05, 0.1) is 34.1 Å². The molecular weight excluding hydrogens is 1190 g/mol. The number of hydrogen-bond donors (Lipinski definition) is 0. The van der Waals surface area contributed by atoms with Gasteiger partial charge in [-0.3, -0.25) is 0 Å². The molecule has 0 fully saturated rings. The van der Waals surface area contributed by atoms with Crippen LogP contribution in [0.25, 0.3) is 66.8 Å². The average Bonchev–Trinajstić information content (AvgIpc) is 0.689. The summed E-state index contributed by atoms with van der Waals surface area (Å²) in [7, 11) is 0. The molecule has 0 spiro atoms. The van der Waals surface area contributed by atoms with Crippen LogP contribution in [-0.2, 0) is 28.1 Å². The Kier molecular flexibility index (Phi) is 15.4. The fourth-order valence-electron chi connectivity index (χ4n) is 16.1. The molecule has 2 heteroatoms. The van der Waals surface area contributed by atoms with Gasteiger partial charge in [0.1, 0.15) is 0 Å². The van der Waals surface area contributed by atoms with Gasteiger partial charge < -0.3 is 9.80 Å².